The van der Waals surface area contributed by atoms with E-state index < -0.39 is 15.8 Å². The molecule has 108 valence electrons. The van der Waals surface area contributed by atoms with E-state index in [9.17, 15) is 12.8 Å². The number of hydrogen-bond acceptors (Lipinski definition) is 4. The van der Waals surface area contributed by atoms with Crippen LogP contribution >= 0.6 is 0 Å². The van der Waals surface area contributed by atoms with E-state index in [2.05, 4.69) is 9.82 Å². The Bertz CT molecular complexity index is 671. The number of aromatic nitrogens is 2. The lowest BCUT2D eigenvalue weighted by Gasteiger charge is -2.10. The van der Waals surface area contributed by atoms with Crippen LogP contribution in [0.1, 0.15) is 5.56 Å². The third kappa shape index (κ3) is 3.41. The van der Waals surface area contributed by atoms with Gasteiger partial charge in [0.05, 0.1) is 11.4 Å². The summed E-state index contributed by atoms with van der Waals surface area (Å²) in [6.45, 7) is 0.569. The molecule has 0 spiro atoms. The molecule has 6 nitrogen and oxygen atoms in total. The highest BCUT2D eigenvalue weighted by atomic mass is 32.2. The first kappa shape index (κ1) is 14.6. The van der Waals surface area contributed by atoms with Gasteiger partial charge in [0.25, 0.3) is 0 Å². The molecule has 0 radical (unpaired) electrons. The molecule has 0 aliphatic heterocycles. The molecular formula is C12H15FN4O2S. The van der Waals surface area contributed by atoms with Crippen molar-refractivity contribution in [2.75, 3.05) is 6.54 Å². The molecule has 0 saturated carbocycles. The Labute approximate surface area is 116 Å². The lowest BCUT2D eigenvalue weighted by molar-refractivity contribution is 0.557. The van der Waals surface area contributed by atoms with Crippen LogP contribution in [0.25, 0.3) is 0 Å². The third-order valence-corrected chi connectivity index (χ3v) is 4.27. The summed E-state index contributed by atoms with van der Waals surface area (Å²) >= 11 is 0. The van der Waals surface area contributed by atoms with Crippen LogP contribution in [-0.4, -0.2) is 24.7 Å². The van der Waals surface area contributed by atoms with Crippen LogP contribution < -0.4 is 10.5 Å². The molecule has 1 aromatic heterocycles. The minimum Gasteiger partial charge on any atom is -0.326 e. The summed E-state index contributed by atoms with van der Waals surface area (Å²) in [5.41, 5.74) is 5.85. The van der Waals surface area contributed by atoms with Gasteiger partial charge in [0.1, 0.15) is 5.82 Å². The van der Waals surface area contributed by atoms with Gasteiger partial charge in [0.2, 0.25) is 10.0 Å². The summed E-state index contributed by atoms with van der Waals surface area (Å²) in [6.07, 6.45) is 3.33. The van der Waals surface area contributed by atoms with Crippen molar-refractivity contribution in [1.82, 2.24) is 14.5 Å². The molecule has 2 rings (SSSR count). The van der Waals surface area contributed by atoms with Gasteiger partial charge in [-0.15, -0.1) is 0 Å². The van der Waals surface area contributed by atoms with Gasteiger partial charge in [-0.2, -0.15) is 5.10 Å². The molecule has 0 amide bonds. The maximum absolute atomic E-state index is 13.2. The van der Waals surface area contributed by atoms with Crippen molar-refractivity contribution in [3.63, 3.8) is 0 Å². The van der Waals surface area contributed by atoms with Crippen molar-refractivity contribution in [1.29, 1.82) is 0 Å². The number of sulfonamides is 1. The number of nitrogens with two attached hydrogens (primary N) is 1. The summed E-state index contributed by atoms with van der Waals surface area (Å²) in [6, 6.07) is 5.27. The minimum atomic E-state index is -3.79. The van der Waals surface area contributed by atoms with Crippen LogP contribution in [0.5, 0.6) is 0 Å². The second-order valence-electron chi connectivity index (χ2n) is 4.12. The highest BCUT2D eigenvalue weighted by molar-refractivity contribution is 7.89. The smallest absolute Gasteiger partial charge is 0.241 e. The van der Waals surface area contributed by atoms with Gasteiger partial charge in [-0.25, -0.2) is 17.5 Å². The van der Waals surface area contributed by atoms with E-state index >= 15 is 0 Å². The van der Waals surface area contributed by atoms with Crippen molar-refractivity contribution in [2.45, 2.75) is 18.0 Å². The number of benzene rings is 1. The predicted molar refractivity (Wildman–Crippen MR) is 71.7 cm³/mol. The lowest BCUT2D eigenvalue weighted by atomic mass is 10.2. The van der Waals surface area contributed by atoms with Crippen LogP contribution in [-0.2, 0) is 23.1 Å². The molecule has 1 heterocycles. The second-order valence-corrected chi connectivity index (χ2v) is 5.86. The third-order valence-electron chi connectivity index (χ3n) is 2.73. The summed E-state index contributed by atoms with van der Waals surface area (Å²) in [5.74, 6) is -0.616. The zero-order chi connectivity index (χ0) is 14.6. The fourth-order valence-corrected chi connectivity index (χ4v) is 3.03. The Morgan fingerprint density at radius 3 is 2.85 bits per heavy atom. The van der Waals surface area contributed by atoms with E-state index in [1.54, 1.807) is 23.1 Å². The Morgan fingerprint density at radius 2 is 2.20 bits per heavy atom. The fourth-order valence-electron chi connectivity index (χ4n) is 1.75. The summed E-state index contributed by atoms with van der Waals surface area (Å²) < 4.78 is 41.5. The van der Waals surface area contributed by atoms with Gasteiger partial charge >= 0.3 is 0 Å². The van der Waals surface area contributed by atoms with E-state index in [0.29, 0.717) is 12.1 Å². The van der Waals surface area contributed by atoms with E-state index in [0.717, 1.165) is 6.07 Å². The molecule has 0 unspecified atom stereocenters. The molecule has 1 aromatic carbocycles. The Hall–Kier alpha value is -1.77. The highest BCUT2D eigenvalue weighted by Crippen LogP contribution is 2.16. The van der Waals surface area contributed by atoms with Gasteiger partial charge in [0, 0.05) is 25.5 Å². The van der Waals surface area contributed by atoms with Crippen LogP contribution in [0, 0.1) is 5.82 Å². The van der Waals surface area contributed by atoms with Gasteiger partial charge in [-0.3, -0.25) is 4.68 Å². The predicted octanol–water partition coefficient (Wildman–Crippen LogP) is 0.459. The number of nitrogens with zero attached hydrogens (tertiary/aromatic N) is 2. The second kappa shape index (κ2) is 6.12. The zero-order valence-corrected chi connectivity index (χ0v) is 11.5. The van der Waals surface area contributed by atoms with E-state index in [1.807, 2.05) is 0 Å². The van der Waals surface area contributed by atoms with Crippen molar-refractivity contribution in [2.24, 2.45) is 5.73 Å². The largest absolute Gasteiger partial charge is 0.326 e. The Morgan fingerprint density at radius 1 is 1.40 bits per heavy atom. The number of hydrogen-bond donors (Lipinski definition) is 2. The standard InChI is InChI=1S/C12H15FN4O2S/c13-11-3-2-10(9-14)12(8-11)20(18,19)16-5-7-17-6-1-4-15-17/h1-4,6,8,16H,5,7,9,14H2. The number of nitrogens with one attached hydrogen (secondary N) is 1. The SMILES string of the molecule is NCc1ccc(F)cc1S(=O)(=O)NCCn1cccn1. The number of halogens is 1. The van der Waals surface area contributed by atoms with E-state index in [1.165, 1.54) is 12.1 Å². The summed E-state index contributed by atoms with van der Waals surface area (Å²) in [7, 11) is -3.79. The van der Waals surface area contributed by atoms with Gasteiger partial charge < -0.3 is 5.73 Å². The Kier molecular flexibility index (Phi) is 4.48. The average Bonchev–Trinajstić information content (AvgIpc) is 2.91. The number of rotatable bonds is 6. The molecule has 0 fully saturated rings. The summed E-state index contributed by atoms with van der Waals surface area (Å²) in [4.78, 5) is -0.125. The maximum Gasteiger partial charge on any atom is 0.241 e. The van der Waals surface area contributed by atoms with Crippen LogP contribution in [0.4, 0.5) is 4.39 Å². The molecule has 3 N–H and O–H groups in total. The van der Waals surface area contributed by atoms with Gasteiger partial charge in [-0.1, -0.05) is 6.07 Å². The van der Waals surface area contributed by atoms with Gasteiger partial charge in [0.15, 0.2) is 0 Å². The van der Waals surface area contributed by atoms with Crippen LogP contribution in [0.3, 0.4) is 0 Å². The van der Waals surface area contributed by atoms with Gasteiger partial charge in [-0.05, 0) is 23.8 Å². The lowest BCUT2D eigenvalue weighted by Crippen LogP contribution is -2.28. The molecule has 8 heteroatoms. The quantitative estimate of drug-likeness (QED) is 0.810. The molecule has 0 atom stereocenters. The zero-order valence-electron chi connectivity index (χ0n) is 10.7. The highest BCUT2D eigenvalue weighted by Gasteiger charge is 2.18. The molecule has 0 saturated heterocycles. The average molecular weight is 298 g/mol. The van der Waals surface area contributed by atoms with Crippen molar-refractivity contribution >= 4 is 10.0 Å². The van der Waals surface area contributed by atoms with E-state index in [-0.39, 0.29) is 18.0 Å². The minimum absolute atomic E-state index is 0.0235. The maximum atomic E-state index is 13.2. The van der Waals surface area contributed by atoms with Crippen molar-refractivity contribution < 1.29 is 12.8 Å². The molecule has 2 aromatic rings. The molecule has 20 heavy (non-hydrogen) atoms. The first-order valence-electron chi connectivity index (χ1n) is 5.98. The summed E-state index contributed by atoms with van der Waals surface area (Å²) in [5, 5.41) is 3.96. The van der Waals surface area contributed by atoms with E-state index in [4.69, 9.17) is 5.73 Å². The van der Waals surface area contributed by atoms with Crippen molar-refractivity contribution in [3.05, 3.63) is 48.0 Å². The first-order chi connectivity index (χ1) is 9.53. The monoisotopic (exact) mass is 298 g/mol. The normalized spacial score (nSPS) is 11.7. The molecule has 0 aliphatic rings. The molecular weight excluding hydrogens is 283 g/mol. The van der Waals surface area contributed by atoms with Crippen LogP contribution in [0.2, 0.25) is 0 Å². The molecule has 0 bridgehead atoms. The fraction of sp³-hybridized carbons (Fsp3) is 0.250. The molecule has 0 aliphatic carbocycles. The van der Waals surface area contributed by atoms with Crippen molar-refractivity contribution in [3.8, 4) is 0 Å². The Balaban J connectivity index is 2.11. The first-order valence-corrected chi connectivity index (χ1v) is 7.47. The van der Waals surface area contributed by atoms with Crippen LogP contribution in [0.15, 0.2) is 41.6 Å². The topological polar surface area (TPSA) is 90.0 Å².